The summed E-state index contributed by atoms with van der Waals surface area (Å²) in [5.74, 6) is -1.47. The zero-order valence-electron chi connectivity index (χ0n) is 13.0. The number of H-pyrrole nitrogens is 1. The number of hydrogen-bond donors (Lipinski definition) is 1. The maximum atomic E-state index is 14.0. The predicted molar refractivity (Wildman–Crippen MR) is 94.9 cm³/mol. The Labute approximate surface area is 151 Å². The van der Waals surface area contributed by atoms with Gasteiger partial charge in [-0.1, -0.05) is 34.1 Å². The molecule has 1 N–H and O–H groups in total. The number of aromatic nitrogens is 3. The van der Waals surface area contributed by atoms with Crippen LogP contribution in [0.2, 0.25) is 0 Å². The van der Waals surface area contributed by atoms with Gasteiger partial charge in [-0.3, -0.25) is 0 Å². The summed E-state index contributed by atoms with van der Waals surface area (Å²) >= 11 is 3.42. The third-order valence-corrected chi connectivity index (χ3v) is 4.49. The van der Waals surface area contributed by atoms with E-state index in [4.69, 9.17) is 0 Å². The number of benzene rings is 2. The molecule has 0 aliphatic heterocycles. The SMILES string of the molecule is Fc1cccc(-c2nc3cc[n+](Cc4ccc(Br)cc4)cc3[nH]2)c1F. The molecule has 124 valence electrons. The van der Waals surface area contributed by atoms with Gasteiger partial charge in [0.2, 0.25) is 0 Å². The first-order valence-electron chi connectivity index (χ1n) is 7.68. The van der Waals surface area contributed by atoms with Crippen molar-refractivity contribution in [2.75, 3.05) is 0 Å². The van der Waals surface area contributed by atoms with E-state index >= 15 is 0 Å². The average Bonchev–Trinajstić information content (AvgIpc) is 3.02. The van der Waals surface area contributed by atoms with E-state index in [1.54, 1.807) is 0 Å². The molecule has 0 saturated heterocycles. The number of nitrogens with one attached hydrogen (secondary N) is 1. The first-order valence-corrected chi connectivity index (χ1v) is 8.47. The second-order valence-corrected chi connectivity index (χ2v) is 6.65. The fraction of sp³-hybridized carbons (Fsp3) is 0.0526. The average molecular weight is 401 g/mol. The van der Waals surface area contributed by atoms with E-state index < -0.39 is 11.6 Å². The van der Waals surface area contributed by atoms with Gasteiger partial charge in [-0.25, -0.2) is 13.8 Å². The van der Waals surface area contributed by atoms with E-state index in [1.807, 2.05) is 47.3 Å². The fourth-order valence-electron chi connectivity index (χ4n) is 2.71. The summed E-state index contributed by atoms with van der Waals surface area (Å²) < 4.78 is 30.4. The lowest BCUT2D eigenvalue weighted by atomic mass is 10.2. The maximum absolute atomic E-state index is 14.0. The van der Waals surface area contributed by atoms with Crippen LogP contribution in [-0.2, 0) is 6.54 Å². The minimum atomic E-state index is -0.899. The van der Waals surface area contributed by atoms with Crippen LogP contribution in [0.15, 0.2) is 65.4 Å². The molecule has 2 aromatic heterocycles. The predicted octanol–water partition coefficient (Wildman–Crippen LogP) is 4.61. The summed E-state index contributed by atoms with van der Waals surface area (Å²) in [4.78, 5) is 7.43. The van der Waals surface area contributed by atoms with Crippen molar-refractivity contribution in [3.8, 4) is 11.4 Å². The Morgan fingerprint density at radius 2 is 1.84 bits per heavy atom. The highest BCUT2D eigenvalue weighted by Gasteiger charge is 2.15. The Balaban J connectivity index is 1.69. The zero-order valence-corrected chi connectivity index (χ0v) is 14.6. The van der Waals surface area contributed by atoms with Gasteiger partial charge in [0.05, 0.1) is 5.56 Å². The molecule has 0 unspecified atom stereocenters. The number of aromatic amines is 1. The van der Waals surface area contributed by atoms with Crippen LogP contribution in [-0.4, -0.2) is 9.97 Å². The fourth-order valence-corrected chi connectivity index (χ4v) is 2.98. The third-order valence-electron chi connectivity index (χ3n) is 3.97. The van der Waals surface area contributed by atoms with Gasteiger partial charge in [0.1, 0.15) is 16.9 Å². The molecular weight excluding hydrogens is 388 g/mol. The molecule has 0 radical (unpaired) electrons. The normalized spacial score (nSPS) is 11.2. The molecule has 0 fully saturated rings. The molecule has 0 aliphatic rings. The Hall–Kier alpha value is -2.60. The highest BCUT2D eigenvalue weighted by atomic mass is 79.9. The third kappa shape index (κ3) is 3.17. The Kier molecular flexibility index (Phi) is 4.05. The molecule has 25 heavy (non-hydrogen) atoms. The number of imidazole rings is 1. The molecular formula is C19H13BrF2N3+. The molecule has 0 amide bonds. The molecule has 0 aliphatic carbocycles. The van der Waals surface area contributed by atoms with Gasteiger partial charge in [0.25, 0.3) is 0 Å². The summed E-state index contributed by atoms with van der Waals surface area (Å²) in [5, 5.41) is 0. The van der Waals surface area contributed by atoms with Crippen molar-refractivity contribution in [3.05, 3.63) is 82.6 Å². The van der Waals surface area contributed by atoms with Gasteiger partial charge < -0.3 is 4.98 Å². The monoisotopic (exact) mass is 400 g/mol. The standard InChI is InChI=1S/C19H12BrF2N3/c20-13-6-4-12(5-7-13)10-25-9-8-16-17(11-25)24-19(23-16)14-2-1-3-15(21)18(14)22/h1-9,11H,10H2/p+1. The number of halogens is 3. The van der Waals surface area contributed by atoms with Gasteiger partial charge in [0, 0.05) is 16.1 Å². The smallest absolute Gasteiger partial charge is 0.195 e. The van der Waals surface area contributed by atoms with Crippen LogP contribution < -0.4 is 4.57 Å². The number of rotatable bonds is 3. The van der Waals surface area contributed by atoms with Gasteiger partial charge in [-0.2, -0.15) is 4.57 Å². The molecule has 0 saturated carbocycles. The zero-order chi connectivity index (χ0) is 17.4. The minimum absolute atomic E-state index is 0.121. The van der Waals surface area contributed by atoms with Crippen LogP contribution in [0.1, 0.15) is 5.56 Å². The molecule has 0 spiro atoms. The van der Waals surface area contributed by atoms with E-state index in [2.05, 4.69) is 25.9 Å². The molecule has 3 nitrogen and oxygen atoms in total. The number of fused-ring (bicyclic) bond motifs is 1. The molecule has 6 heteroatoms. The van der Waals surface area contributed by atoms with Crippen molar-refractivity contribution >= 4 is 27.0 Å². The minimum Gasteiger partial charge on any atom is -0.333 e. The van der Waals surface area contributed by atoms with Crippen LogP contribution in [0.4, 0.5) is 8.78 Å². The lowest BCUT2D eigenvalue weighted by Gasteiger charge is -1.99. The van der Waals surface area contributed by atoms with Crippen LogP contribution in [0.25, 0.3) is 22.4 Å². The van der Waals surface area contributed by atoms with Crippen molar-refractivity contribution < 1.29 is 13.3 Å². The summed E-state index contributed by atoms with van der Waals surface area (Å²) in [6.07, 6.45) is 3.82. The summed E-state index contributed by atoms with van der Waals surface area (Å²) in [6.45, 7) is 0.700. The molecule has 4 aromatic rings. The molecule has 0 atom stereocenters. The van der Waals surface area contributed by atoms with Crippen LogP contribution in [0.3, 0.4) is 0 Å². The Morgan fingerprint density at radius 1 is 1.04 bits per heavy atom. The Morgan fingerprint density at radius 3 is 2.64 bits per heavy atom. The van der Waals surface area contributed by atoms with E-state index in [1.165, 1.54) is 12.1 Å². The quantitative estimate of drug-likeness (QED) is 0.500. The van der Waals surface area contributed by atoms with Gasteiger partial charge in [-0.05, 0) is 24.3 Å². The van der Waals surface area contributed by atoms with E-state index in [0.29, 0.717) is 17.9 Å². The Bertz CT molecular complexity index is 1060. The van der Waals surface area contributed by atoms with Crippen molar-refractivity contribution in [3.63, 3.8) is 0 Å². The second-order valence-electron chi connectivity index (χ2n) is 5.73. The van der Waals surface area contributed by atoms with Gasteiger partial charge >= 0.3 is 0 Å². The van der Waals surface area contributed by atoms with Crippen LogP contribution >= 0.6 is 15.9 Å². The molecule has 2 aromatic carbocycles. The second kappa shape index (κ2) is 6.37. The molecule has 4 rings (SSSR count). The summed E-state index contributed by atoms with van der Waals surface area (Å²) in [6, 6.07) is 14.0. The van der Waals surface area contributed by atoms with Gasteiger partial charge in [0.15, 0.2) is 30.6 Å². The maximum Gasteiger partial charge on any atom is 0.195 e. The van der Waals surface area contributed by atoms with Crippen molar-refractivity contribution in [2.45, 2.75) is 6.54 Å². The lowest BCUT2D eigenvalue weighted by molar-refractivity contribution is -0.687. The molecule has 2 heterocycles. The molecule has 0 bridgehead atoms. The van der Waals surface area contributed by atoms with Gasteiger partial charge in [-0.15, -0.1) is 0 Å². The van der Waals surface area contributed by atoms with Crippen molar-refractivity contribution in [2.24, 2.45) is 0 Å². The lowest BCUT2D eigenvalue weighted by Crippen LogP contribution is -2.33. The van der Waals surface area contributed by atoms with E-state index in [-0.39, 0.29) is 5.56 Å². The van der Waals surface area contributed by atoms with Crippen LogP contribution in [0, 0.1) is 11.6 Å². The van der Waals surface area contributed by atoms with Crippen molar-refractivity contribution in [1.29, 1.82) is 0 Å². The number of nitrogens with zero attached hydrogens (tertiary/aromatic N) is 2. The first kappa shape index (κ1) is 15.9. The summed E-state index contributed by atoms with van der Waals surface area (Å²) in [5.41, 5.74) is 2.74. The van der Waals surface area contributed by atoms with E-state index in [0.717, 1.165) is 21.6 Å². The summed E-state index contributed by atoms with van der Waals surface area (Å²) in [7, 11) is 0. The van der Waals surface area contributed by atoms with Crippen LogP contribution in [0.5, 0.6) is 0 Å². The van der Waals surface area contributed by atoms with Crippen molar-refractivity contribution in [1.82, 2.24) is 9.97 Å². The highest BCUT2D eigenvalue weighted by molar-refractivity contribution is 9.10. The number of pyridine rings is 1. The first-order chi connectivity index (χ1) is 12.1. The largest absolute Gasteiger partial charge is 0.333 e. The number of hydrogen-bond acceptors (Lipinski definition) is 1. The highest BCUT2D eigenvalue weighted by Crippen LogP contribution is 2.23. The van der Waals surface area contributed by atoms with E-state index in [9.17, 15) is 8.78 Å². The topological polar surface area (TPSA) is 32.6 Å².